The normalized spacial score (nSPS) is 15.0. The number of nitro benzene ring substituents is 1. The molecule has 3 N–H and O–H groups in total. The van der Waals surface area contributed by atoms with Gasteiger partial charge in [-0.05, 0) is 25.0 Å². The average Bonchev–Trinajstić information content (AvgIpc) is 2.37. The van der Waals surface area contributed by atoms with Crippen LogP contribution in [0.25, 0.3) is 0 Å². The number of sulfonamides is 1. The van der Waals surface area contributed by atoms with Gasteiger partial charge in [0.25, 0.3) is 5.69 Å². The van der Waals surface area contributed by atoms with E-state index in [0.29, 0.717) is 6.07 Å². The Morgan fingerprint density at radius 1 is 1.48 bits per heavy atom. The summed E-state index contributed by atoms with van der Waals surface area (Å²) >= 11 is 0. The number of rotatable bonds is 6. The van der Waals surface area contributed by atoms with Crippen LogP contribution in [0.4, 0.5) is 10.1 Å². The van der Waals surface area contributed by atoms with E-state index >= 15 is 0 Å². The lowest BCUT2D eigenvalue weighted by molar-refractivity contribution is -0.388. The highest BCUT2D eigenvalue weighted by molar-refractivity contribution is 7.89. The first kappa shape index (κ1) is 17.5. The molecule has 0 spiro atoms. The number of nitrogens with zero attached hydrogens (tertiary/aromatic N) is 1. The molecule has 1 rings (SSSR count). The predicted octanol–water partition coefficient (Wildman–Crippen LogP) is 1.39. The number of nitrogens with one attached hydrogen (secondary N) is 1. The van der Waals surface area contributed by atoms with Crippen molar-refractivity contribution < 1.29 is 17.7 Å². The fourth-order valence-corrected chi connectivity index (χ4v) is 3.32. The van der Waals surface area contributed by atoms with Gasteiger partial charge in [0.2, 0.25) is 10.0 Å². The first-order valence-electron chi connectivity index (χ1n) is 6.21. The third kappa shape index (κ3) is 3.74. The minimum atomic E-state index is -4.21. The van der Waals surface area contributed by atoms with Gasteiger partial charge in [-0.3, -0.25) is 10.1 Å². The van der Waals surface area contributed by atoms with Gasteiger partial charge < -0.3 is 5.73 Å². The Balaban J connectivity index is 3.36. The number of hydrogen-bond acceptors (Lipinski definition) is 5. The highest BCUT2D eigenvalue weighted by Gasteiger charge is 2.35. The van der Waals surface area contributed by atoms with E-state index in [1.54, 1.807) is 20.8 Å². The molecule has 1 atom stereocenters. The van der Waals surface area contributed by atoms with Crippen LogP contribution < -0.4 is 10.5 Å². The SMILES string of the molecule is CC(C)C(C)(CN)NS(=O)(=O)c1ccc(F)cc1[N+](=O)[O-]. The molecule has 0 aliphatic heterocycles. The van der Waals surface area contributed by atoms with Crippen molar-refractivity contribution in [1.29, 1.82) is 0 Å². The van der Waals surface area contributed by atoms with E-state index < -0.39 is 36.9 Å². The molecule has 0 aliphatic carbocycles. The molecule has 0 fully saturated rings. The lowest BCUT2D eigenvalue weighted by Crippen LogP contribution is -2.54. The molecule has 9 heteroatoms. The van der Waals surface area contributed by atoms with Crippen LogP contribution in [-0.4, -0.2) is 25.4 Å². The van der Waals surface area contributed by atoms with Crippen molar-refractivity contribution in [2.45, 2.75) is 31.2 Å². The van der Waals surface area contributed by atoms with E-state index in [9.17, 15) is 22.9 Å². The van der Waals surface area contributed by atoms with Crippen LogP contribution in [0.3, 0.4) is 0 Å². The summed E-state index contributed by atoms with van der Waals surface area (Å²) in [6.07, 6.45) is 0. The molecular formula is C12H18FN3O4S. The molecule has 1 unspecified atom stereocenters. The molecule has 0 heterocycles. The molecule has 0 aromatic heterocycles. The predicted molar refractivity (Wildman–Crippen MR) is 75.7 cm³/mol. The lowest BCUT2D eigenvalue weighted by Gasteiger charge is -2.32. The van der Waals surface area contributed by atoms with Crippen LogP contribution in [-0.2, 0) is 10.0 Å². The quantitative estimate of drug-likeness (QED) is 0.607. The number of hydrogen-bond donors (Lipinski definition) is 2. The first-order chi connectivity index (χ1) is 9.53. The van der Waals surface area contributed by atoms with E-state index in [4.69, 9.17) is 5.73 Å². The van der Waals surface area contributed by atoms with Crippen LogP contribution in [0.1, 0.15) is 20.8 Å². The molecule has 7 nitrogen and oxygen atoms in total. The van der Waals surface area contributed by atoms with E-state index in [0.717, 1.165) is 12.1 Å². The van der Waals surface area contributed by atoms with Crippen molar-refractivity contribution in [3.05, 3.63) is 34.1 Å². The van der Waals surface area contributed by atoms with E-state index in [2.05, 4.69) is 4.72 Å². The lowest BCUT2D eigenvalue weighted by atomic mass is 9.90. The van der Waals surface area contributed by atoms with Crippen molar-refractivity contribution in [2.24, 2.45) is 11.7 Å². The van der Waals surface area contributed by atoms with Crippen LogP contribution in [0, 0.1) is 21.8 Å². The number of halogens is 1. The van der Waals surface area contributed by atoms with Crippen LogP contribution in [0.15, 0.2) is 23.1 Å². The molecule has 21 heavy (non-hydrogen) atoms. The molecule has 1 aromatic carbocycles. The van der Waals surface area contributed by atoms with Gasteiger partial charge in [-0.1, -0.05) is 13.8 Å². The average molecular weight is 319 g/mol. The maximum Gasteiger partial charge on any atom is 0.292 e. The molecule has 1 aromatic rings. The largest absolute Gasteiger partial charge is 0.329 e. The van der Waals surface area contributed by atoms with Gasteiger partial charge in [0.05, 0.1) is 11.0 Å². The summed E-state index contributed by atoms with van der Waals surface area (Å²) in [5.74, 6) is -1.03. The fraction of sp³-hybridized carbons (Fsp3) is 0.500. The minimum absolute atomic E-state index is 0.0128. The standard InChI is InChI=1S/C12H18FN3O4S/c1-8(2)12(3,7-14)15-21(19,20)11-5-4-9(13)6-10(11)16(17)18/h4-6,8,15H,7,14H2,1-3H3. The second-order valence-electron chi connectivity index (χ2n) is 5.25. The van der Waals surface area contributed by atoms with Crippen molar-refractivity contribution >= 4 is 15.7 Å². The molecule has 0 aliphatic rings. The highest BCUT2D eigenvalue weighted by atomic mass is 32.2. The number of nitrogens with two attached hydrogens (primary N) is 1. The van der Waals surface area contributed by atoms with Gasteiger partial charge in [-0.15, -0.1) is 0 Å². The van der Waals surface area contributed by atoms with Crippen molar-refractivity contribution in [3.63, 3.8) is 0 Å². The van der Waals surface area contributed by atoms with Gasteiger partial charge in [-0.25, -0.2) is 17.5 Å². The first-order valence-corrected chi connectivity index (χ1v) is 7.70. The summed E-state index contributed by atoms with van der Waals surface area (Å²) in [6, 6.07) is 2.30. The highest BCUT2D eigenvalue weighted by Crippen LogP contribution is 2.27. The van der Waals surface area contributed by atoms with Gasteiger partial charge in [0, 0.05) is 12.1 Å². The zero-order chi connectivity index (χ0) is 16.4. The Hall–Kier alpha value is -1.58. The van der Waals surface area contributed by atoms with Gasteiger partial charge in [0.15, 0.2) is 4.90 Å². The van der Waals surface area contributed by atoms with E-state index in [1.807, 2.05) is 0 Å². The van der Waals surface area contributed by atoms with Crippen molar-refractivity contribution in [2.75, 3.05) is 6.54 Å². The fourth-order valence-electron chi connectivity index (χ4n) is 1.62. The Kier molecular flexibility index (Phi) is 5.03. The van der Waals surface area contributed by atoms with Crippen LogP contribution in [0.5, 0.6) is 0 Å². The maximum absolute atomic E-state index is 13.1. The smallest absolute Gasteiger partial charge is 0.292 e. The third-order valence-electron chi connectivity index (χ3n) is 3.47. The van der Waals surface area contributed by atoms with Gasteiger partial charge in [-0.2, -0.15) is 0 Å². The summed E-state index contributed by atoms with van der Waals surface area (Å²) in [4.78, 5) is 9.39. The summed E-state index contributed by atoms with van der Waals surface area (Å²) in [6.45, 7) is 5.16. The second-order valence-corrected chi connectivity index (χ2v) is 6.90. The summed E-state index contributed by atoms with van der Waals surface area (Å²) in [5.41, 5.74) is 3.81. The molecule has 0 saturated carbocycles. The number of benzene rings is 1. The Bertz CT molecular complexity index is 648. The van der Waals surface area contributed by atoms with E-state index in [1.165, 1.54) is 0 Å². The molecular weight excluding hydrogens is 301 g/mol. The molecule has 0 saturated heterocycles. The van der Waals surface area contributed by atoms with Gasteiger partial charge >= 0.3 is 0 Å². The van der Waals surface area contributed by atoms with Crippen LogP contribution >= 0.6 is 0 Å². The Labute approximate surface area is 122 Å². The number of nitro groups is 1. The summed E-state index contributed by atoms with van der Waals surface area (Å²) in [5, 5.41) is 10.9. The topological polar surface area (TPSA) is 115 Å². The molecule has 0 bridgehead atoms. The summed E-state index contributed by atoms with van der Waals surface area (Å²) in [7, 11) is -4.21. The molecule has 0 radical (unpaired) electrons. The van der Waals surface area contributed by atoms with Crippen LogP contribution in [0.2, 0.25) is 0 Å². The molecule has 0 amide bonds. The maximum atomic E-state index is 13.1. The molecule has 118 valence electrons. The van der Waals surface area contributed by atoms with Crippen molar-refractivity contribution in [1.82, 2.24) is 4.72 Å². The Morgan fingerprint density at radius 2 is 2.05 bits per heavy atom. The zero-order valence-electron chi connectivity index (χ0n) is 12.0. The second kappa shape index (κ2) is 6.04. The minimum Gasteiger partial charge on any atom is -0.329 e. The van der Waals surface area contributed by atoms with Gasteiger partial charge in [0.1, 0.15) is 5.82 Å². The zero-order valence-corrected chi connectivity index (χ0v) is 12.8. The van der Waals surface area contributed by atoms with E-state index in [-0.39, 0.29) is 12.5 Å². The van der Waals surface area contributed by atoms with Crippen molar-refractivity contribution in [3.8, 4) is 0 Å². The Morgan fingerprint density at radius 3 is 2.48 bits per heavy atom. The summed E-state index contributed by atoms with van der Waals surface area (Å²) < 4.78 is 40.2. The third-order valence-corrected chi connectivity index (χ3v) is 5.13. The monoisotopic (exact) mass is 319 g/mol.